The van der Waals surface area contributed by atoms with Gasteiger partial charge in [0, 0.05) is 5.92 Å². The molecule has 0 aromatic heterocycles. The lowest BCUT2D eigenvalue weighted by atomic mass is 9.90. The van der Waals surface area contributed by atoms with Crippen LogP contribution in [0.4, 0.5) is 0 Å². The van der Waals surface area contributed by atoms with Gasteiger partial charge in [-0.05, 0) is 12.3 Å². The lowest BCUT2D eigenvalue weighted by Gasteiger charge is -2.15. The van der Waals surface area contributed by atoms with Gasteiger partial charge in [0.1, 0.15) is 0 Å². The van der Waals surface area contributed by atoms with Crippen molar-refractivity contribution in [1.82, 2.24) is 0 Å². The monoisotopic (exact) mass is 148 g/mol. The van der Waals surface area contributed by atoms with Crippen molar-refractivity contribution in [1.29, 1.82) is 0 Å². The standard InChI is InChI=1S/C11H16/c1-3-4-8-11-9-6-5-7-10(11)2/h4-11H,3H2,1-2H3. The number of hydrogen-bond acceptors (Lipinski definition) is 0. The largest absolute Gasteiger partial charge is 0.0882 e. The van der Waals surface area contributed by atoms with Crippen LogP contribution in [-0.2, 0) is 0 Å². The van der Waals surface area contributed by atoms with Gasteiger partial charge in [0.25, 0.3) is 0 Å². The zero-order valence-corrected chi connectivity index (χ0v) is 7.33. The third-order valence-electron chi connectivity index (χ3n) is 2.06. The molecule has 0 amide bonds. The van der Waals surface area contributed by atoms with Crippen molar-refractivity contribution in [3.8, 4) is 0 Å². The Kier molecular flexibility index (Phi) is 3.15. The Balaban J connectivity index is 2.52. The van der Waals surface area contributed by atoms with Gasteiger partial charge >= 0.3 is 0 Å². The van der Waals surface area contributed by atoms with Gasteiger partial charge in [0.05, 0.1) is 0 Å². The van der Waals surface area contributed by atoms with Crippen molar-refractivity contribution >= 4 is 0 Å². The van der Waals surface area contributed by atoms with Gasteiger partial charge in [0.15, 0.2) is 0 Å². The quantitative estimate of drug-likeness (QED) is 0.527. The Morgan fingerprint density at radius 3 is 2.64 bits per heavy atom. The van der Waals surface area contributed by atoms with Crippen LogP contribution in [-0.4, -0.2) is 0 Å². The molecule has 0 saturated carbocycles. The molecule has 60 valence electrons. The van der Waals surface area contributed by atoms with E-state index < -0.39 is 0 Å². The van der Waals surface area contributed by atoms with Crippen LogP contribution in [0.25, 0.3) is 0 Å². The van der Waals surface area contributed by atoms with Crippen LogP contribution in [0.15, 0.2) is 36.5 Å². The summed E-state index contributed by atoms with van der Waals surface area (Å²) in [6, 6.07) is 0. The van der Waals surface area contributed by atoms with Crippen LogP contribution >= 0.6 is 0 Å². The Morgan fingerprint density at radius 1 is 1.27 bits per heavy atom. The van der Waals surface area contributed by atoms with E-state index >= 15 is 0 Å². The molecular weight excluding hydrogens is 132 g/mol. The summed E-state index contributed by atoms with van der Waals surface area (Å²) in [5, 5.41) is 0. The topological polar surface area (TPSA) is 0 Å². The van der Waals surface area contributed by atoms with Crippen LogP contribution in [0.1, 0.15) is 20.3 Å². The fraction of sp³-hybridized carbons (Fsp3) is 0.455. The van der Waals surface area contributed by atoms with Crippen LogP contribution < -0.4 is 0 Å². The highest BCUT2D eigenvalue weighted by molar-refractivity contribution is 5.17. The first-order valence-corrected chi connectivity index (χ1v) is 4.36. The Morgan fingerprint density at radius 2 is 2.00 bits per heavy atom. The van der Waals surface area contributed by atoms with Gasteiger partial charge in [-0.1, -0.05) is 50.3 Å². The molecule has 1 aliphatic carbocycles. The highest BCUT2D eigenvalue weighted by Gasteiger charge is 2.08. The maximum Gasteiger partial charge on any atom is 0.000995 e. The van der Waals surface area contributed by atoms with E-state index in [4.69, 9.17) is 0 Å². The number of hydrogen-bond donors (Lipinski definition) is 0. The molecule has 0 bridgehead atoms. The van der Waals surface area contributed by atoms with Crippen LogP contribution in [0.3, 0.4) is 0 Å². The second-order valence-electron chi connectivity index (χ2n) is 3.04. The van der Waals surface area contributed by atoms with Gasteiger partial charge < -0.3 is 0 Å². The van der Waals surface area contributed by atoms with Gasteiger partial charge in [-0.3, -0.25) is 0 Å². The molecule has 0 heteroatoms. The summed E-state index contributed by atoms with van der Waals surface area (Å²) in [6.45, 7) is 4.42. The van der Waals surface area contributed by atoms with Crippen molar-refractivity contribution in [2.75, 3.05) is 0 Å². The Hall–Kier alpha value is -0.780. The summed E-state index contributed by atoms with van der Waals surface area (Å²) < 4.78 is 0. The Labute approximate surface area is 69.3 Å². The highest BCUT2D eigenvalue weighted by Crippen LogP contribution is 2.19. The SMILES string of the molecule is CCC=CC1C=CC=CC1C. The van der Waals surface area contributed by atoms with Crippen molar-refractivity contribution in [2.45, 2.75) is 20.3 Å². The van der Waals surface area contributed by atoms with Crippen LogP contribution in [0.2, 0.25) is 0 Å². The van der Waals surface area contributed by atoms with Crippen LogP contribution in [0.5, 0.6) is 0 Å². The highest BCUT2D eigenvalue weighted by atomic mass is 14.1. The normalized spacial score (nSPS) is 30.0. The first-order valence-electron chi connectivity index (χ1n) is 4.36. The summed E-state index contributed by atoms with van der Waals surface area (Å²) in [7, 11) is 0. The average Bonchev–Trinajstić information content (AvgIpc) is 2.03. The van der Waals surface area contributed by atoms with Crippen LogP contribution in [0, 0.1) is 11.8 Å². The minimum atomic E-state index is 0.625. The van der Waals surface area contributed by atoms with E-state index in [-0.39, 0.29) is 0 Å². The zero-order chi connectivity index (χ0) is 8.10. The molecule has 0 fully saturated rings. The predicted molar refractivity (Wildman–Crippen MR) is 50.4 cm³/mol. The molecular formula is C11H16. The molecule has 0 radical (unpaired) electrons. The smallest absolute Gasteiger partial charge is 0.000995 e. The maximum atomic E-state index is 2.30. The van der Waals surface area contributed by atoms with Gasteiger partial charge in [-0.15, -0.1) is 0 Å². The molecule has 1 aliphatic rings. The second-order valence-corrected chi connectivity index (χ2v) is 3.04. The minimum Gasteiger partial charge on any atom is -0.0882 e. The molecule has 0 saturated heterocycles. The molecule has 11 heavy (non-hydrogen) atoms. The first kappa shape index (κ1) is 8.32. The molecule has 0 aromatic rings. The zero-order valence-electron chi connectivity index (χ0n) is 7.33. The van der Waals surface area contributed by atoms with Crippen molar-refractivity contribution in [3.05, 3.63) is 36.5 Å². The molecule has 0 aromatic carbocycles. The summed E-state index contributed by atoms with van der Waals surface area (Å²) in [5.41, 5.74) is 0. The van der Waals surface area contributed by atoms with E-state index in [0.717, 1.165) is 6.42 Å². The molecule has 1 rings (SSSR count). The van der Waals surface area contributed by atoms with E-state index in [2.05, 4.69) is 50.3 Å². The molecule has 0 aliphatic heterocycles. The van der Waals surface area contributed by atoms with Gasteiger partial charge in [0.2, 0.25) is 0 Å². The predicted octanol–water partition coefficient (Wildman–Crippen LogP) is 3.33. The average molecular weight is 148 g/mol. The second kappa shape index (κ2) is 4.17. The maximum absolute atomic E-state index is 2.30. The summed E-state index contributed by atoms with van der Waals surface area (Å²) in [4.78, 5) is 0. The molecule has 2 atom stereocenters. The fourth-order valence-corrected chi connectivity index (χ4v) is 1.27. The van der Waals surface area contributed by atoms with Crippen molar-refractivity contribution < 1.29 is 0 Å². The van der Waals surface area contributed by atoms with E-state index in [1.807, 2.05) is 0 Å². The summed E-state index contributed by atoms with van der Waals surface area (Å²) >= 11 is 0. The van der Waals surface area contributed by atoms with E-state index in [0.29, 0.717) is 11.8 Å². The van der Waals surface area contributed by atoms with Crippen molar-refractivity contribution in [2.24, 2.45) is 11.8 Å². The minimum absolute atomic E-state index is 0.625. The summed E-state index contributed by atoms with van der Waals surface area (Å²) in [6.07, 6.45) is 14.4. The first-order chi connectivity index (χ1) is 5.34. The van der Waals surface area contributed by atoms with E-state index in [1.165, 1.54) is 0 Å². The van der Waals surface area contributed by atoms with Gasteiger partial charge in [-0.2, -0.15) is 0 Å². The summed E-state index contributed by atoms with van der Waals surface area (Å²) in [5.74, 6) is 1.29. The lowest BCUT2D eigenvalue weighted by molar-refractivity contribution is 0.604. The molecule has 0 spiro atoms. The lowest BCUT2D eigenvalue weighted by Crippen LogP contribution is -2.05. The van der Waals surface area contributed by atoms with Gasteiger partial charge in [-0.25, -0.2) is 0 Å². The van der Waals surface area contributed by atoms with E-state index in [9.17, 15) is 0 Å². The van der Waals surface area contributed by atoms with E-state index in [1.54, 1.807) is 0 Å². The molecule has 2 unspecified atom stereocenters. The van der Waals surface area contributed by atoms with Crippen molar-refractivity contribution in [3.63, 3.8) is 0 Å². The Bertz CT molecular complexity index is 184. The number of allylic oxidation sites excluding steroid dienone is 6. The third-order valence-corrected chi connectivity index (χ3v) is 2.06. The molecule has 0 N–H and O–H groups in total. The molecule has 0 heterocycles. The third kappa shape index (κ3) is 2.38. The molecule has 0 nitrogen and oxygen atoms in total. The number of rotatable bonds is 2. The fourth-order valence-electron chi connectivity index (χ4n) is 1.27.